The van der Waals surface area contributed by atoms with Crippen molar-refractivity contribution in [3.8, 4) is 11.3 Å². The van der Waals surface area contributed by atoms with Crippen molar-refractivity contribution in [3.05, 3.63) is 41.9 Å². The van der Waals surface area contributed by atoms with E-state index < -0.39 is 0 Å². The van der Waals surface area contributed by atoms with Gasteiger partial charge in [0.25, 0.3) is 5.91 Å². The molecule has 1 amide bonds. The number of carbonyl (C=O) groups excluding carboxylic acids is 1. The fraction of sp³-hybridized carbons (Fsp3) is 0.333. The highest BCUT2D eigenvalue weighted by atomic mass is 19.1. The molecule has 0 aliphatic carbocycles. The third-order valence-electron chi connectivity index (χ3n) is 2.81. The van der Waals surface area contributed by atoms with Gasteiger partial charge in [-0.3, -0.25) is 4.79 Å². The van der Waals surface area contributed by atoms with Gasteiger partial charge in [-0.1, -0.05) is 17.3 Å². The van der Waals surface area contributed by atoms with Crippen LogP contribution in [0.2, 0.25) is 0 Å². The molecule has 0 bridgehead atoms. The molecule has 0 atom stereocenters. The second-order valence-corrected chi connectivity index (χ2v) is 4.39. The van der Waals surface area contributed by atoms with Gasteiger partial charge in [-0.2, -0.15) is 0 Å². The molecule has 112 valence electrons. The van der Waals surface area contributed by atoms with Crippen molar-refractivity contribution in [2.75, 3.05) is 19.8 Å². The molecule has 0 fully saturated rings. The molecule has 6 heteroatoms. The first-order valence-corrected chi connectivity index (χ1v) is 6.79. The third kappa shape index (κ3) is 4.39. The van der Waals surface area contributed by atoms with Crippen LogP contribution in [0.4, 0.5) is 4.39 Å². The van der Waals surface area contributed by atoms with E-state index in [1.807, 2.05) is 6.92 Å². The molecule has 1 N–H and O–H groups in total. The lowest BCUT2D eigenvalue weighted by atomic mass is 10.1. The van der Waals surface area contributed by atoms with E-state index in [9.17, 15) is 9.18 Å². The Kier molecular flexibility index (Phi) is 5.45. The topological polar surface area (TPSA) is 64.4 Å². The van der Waals surface area contributed by atoms with Crippen molar-refractivity contribution < 1.29 is 18.4 Å². The Morgan fingerprint density at radius 3 is 3.05 bits per heavy atom. The van der Waals surface area contributed by atoms with Crippen LogP contribution in [0.25, 0.3) is 11.3 Å². The van der Waals surface area contributed by atoms with Crippen LogP contribution in [-0.2, 0) is 4.74 Å². The van der Waals surface area contributed by atoms with Gasteiger partial charge < -0.3 is 14.6 Å². The standard InChI is InChI=1S/C15H17FN2O3/c1-2-20-8-4-7-17-15(19)14-10-13(18-21-14)11-5-3-6-12(16)9-11/h3,5-6,9-10H,2,4,7-8H2,1H3,(H,17,19). The summed E-state index contributed by atoms with van der Waals surface area (Å²) in [5.74, 6) is -0.607. The minimum atomic E-state index is -0.363. The molecule has 5 nitrogen and oxygen atoms in total. The highest BCUT2D eigenvalue weighted by Crippen LogP contribution is 2.19. The van der Waals surface area contributed by atoms with Crippen LogP contribution in [0.3, 0.4) is 0 Å². The van der Waals surface area contributed by atoms with Crippen LogP contribution < -0.4 is 5.32 Å². The number of carbonyl (C=O) groups is 1. The lowest BCUT2D eigenvalue weighted by Gasteiger charge is -2.02. The Morgan fingerprint density at radius 1 is 1.43 bits per heavy atom. The highest BCUT2D eigenvalue weighted by molar-refractivity contribution is 5.92. The first kappa shape index (κ1) is 15.2. The van der Waals surface area contributed by atoms with Gasteiger partial charge >= 0.3 is 0 Å². The van der Waals surface area contributed by atoms with E-state index in [0.717, 1.165) is 6.42 Å². The number of aromatic nitrogens is 1. The molecule has 21 heavy (non-hydrogen) atoms. The number of ether oxygens (including phenoxy) is 1. The number of hydrogen-bond donors (Lipinski definition) is 1. The van der Waals surface area contributed by atoms with Gasteiger partial charge in [0.1, 0.15) is 11.5 Å². The number of rotatable bonds is 7. The molecular formula is C15H17FN2O3. The monoisotopic (exact) mass is 292 g/mol. The highest BCUT2D eigenvalue weighted by Gasteiger charge is 2.13. The Bertz CT molecular complexity index is 598. The molecular weight excluding hydrogens is 275 g/mol. The smallest absolute Gasteiger partial charge is 0.289 e. The van der Waals surface area contributed by atoms with Crippen molar-refractivity contribution >= 4 is 5.91 Å². The summed E-state index contributed by atoms with van der Waals surface area (Å²) in [5.41, 5.74) is 0.989. The first-order chi connectivity index (χ1) is 10.2. The normalized spacial score (nSPS) is 10.6. The minimum absolute atomic E-state index is 0.102. The van der Waals surface area contributed by atoms with Gasteiger partial charge in [0.15, 0.2) is 0 Å². The average Bonchev–Trinajstić information content (AvgIpc) is 2.97. The van der Waals surface area contributed by atoms with Crippen LogP contribution in [0.15, 0.2) is 34.9 Å². The second-order valence-electron chi connectivity index (χ2n) is 4.39. The third-order valence-corrected chi connectivity index (χ3v) is 2.81. The molecule has 2 aromatic rings. The quantitative estimate of drug-likeness (QED) is 0.797. The Hall–Kier alpha value is -2.21. The zero-order valence-electron chi connectivity index (χ0n) is 11.8. The van der Waals surface area contributed by atoms with Gasteiger partial charge in [-0.25, -0.2) is 4.39 Å². The number of benzene rings is 1. The van der Waals surface area contributed by atoms with Crippen molar-refractivity contribution in [1.29, 1.82) is 0 Å². The number of halogens is 1. The molecule has 0 unspecified atom stereocenters. The second kappa shape index (κ2) is 7.54. The summed E-state index contributed by atoms with van der Waals surface area (Å²) in [5, 5.41) is 6.49. The molecule has 1 heterocycles. The van der Waals surface area contributed by atoms with E-state index in [1.54, 1.807) is 12.1 Å². The Labute approximate surface area is 122 Å². The largest absolute Gasteiger partial charge is 0.382 e. The van der Waals surface area contributed by atoms with Gasteiger partial charge in [-0.15, -0.1) is 0 Å². The van der Waals surface area contributed by atoms with Gasteiger partial charge in [0.05, 0.1) is 0 Å². The average molecular weight is 292 g/mol. The van der Waals surface area contributed by atoms with E-state index in [2.05, 4.69) is 10.5 Å². The molecule has 1 aromatic carbocycles. The summed E-state index contributed by atoms with van der Waals surface area (Å²) in [6.45, 7) is 3.67. The van der Waals surface area contributed by atoms with Crippen molar-refractivity contribution in [2.24, 2.45) is 0 Å². The Balaban J connectivity index is 1.92. The van der Waals surface area contributed by atoms with E-state index >= 15 is 0 Å². The summed E-state index contributed by atoms with van der Waals surface area (Å²) < 4.78 is 23.3. The lowest BCUT2D eigenvalue weighted by Crippen LogP contribution is -2.24. The molecule has 0 radical (unpaired) electrons. The predicted molar refractivity (Wildman–Crippen MR) is 75.3 cm³/mol. The molecule has 2 rings (SSSR count). The van der Waals surface area contributed by atoms with Gasteiger partial charge in [0.2, 0.25) is 5.76 Å². The van der Waals surface area contributed by atoms with Crippen molar-refractivity contribution in [2.45, 2.75) is 13.3 Å². The zero-order valence-corrected chi connectivity index (χ0v) is 11.8. The lowest BCUT2D eigenvalue weighted by molar-refractivity contribution is 0.0908. The molecule has 0 aliphatic rings. The molecule has 1 aromatic heterocycles. The molecule has 0 saturated carbocycles. The fourth-order valence-corrected chi connectivity index (χ4v) is 1.77. The summed E-state index contributed by atoms with van der Waals surface area (Å²) in [6, 6.07) is 7.45. The zero-order chi connectivity index (χ0) is 15.1. The van der Waals surface area contributed by atoms with Crippen LogP contribution in [-0.4, -0.2) is 30.8 Å². The van der Waals surface area contributed by atoms with Crippen molar-refractivity contribution in [1.82, 2.24) is 10.5 Å². The fourth-order valence-electron chi connectivity index (χ4n) is 1.77. The Morgan fingerprint density at radius 2 is 2.29 bits per heavy atom. The summed E-state index contributed by atoms with van der Waals surface area (Å²) in [6.07, 6.45) is 0.727. The van der Waals surface area contributed by atoms with Crippen LogP contribution in [0.5, 0.6) is 0 Å². The van der Waals surface area contributed by atoms with Gasteiger partial charge in [0, 0.05) is 31.4 Å². The minimum Gasteiger partial charge on any atom is -0.382 e. The van der Waals surface area contributed by atoms with E-state index in [1.165, 1.54) is 18.2 Å². The summed E-state index contributed by atoms with van der Waals surface area (Å²) in [4.78, 5) is 11.8. The number of hydrogen-bond acceptors (Lipinski definition) is 4. The number of amides is 1. The van der Waals surface area contributed by atoms with Crippen molar-refractivity contribution in [3.63, 3.8) is 0 Å². The maximum Gasteiger partial charge on any atom is 0.289 e. The molecule has 0 saturated heterocycles. The van der Waals surface area contributed by atoms with E-state index in [0.29, 0.717) is 31.0 Å². The molecule has 0 aliphatic heterocycles. The van der Waals surface area contributed by atoms with Crippen LogP contribution in [0.1, 0.15) is 23.9 Å². The van der Waals surface area contributed by atoms with Gasteiger partial charge in [-0.05, 0) is 25.5 Å². The molecule has 0 spiro atoms. The van der Waals surface area contributed by atoms with E-state index in [-0.39, 0.29) is 17.5 Å². The van der Waals surface area contributed by atoms with Crippen LogP contribution >= 0.6 is 0 Å². The first-order valence-electron chi connectivity index (χ1n) is 6.79. The SMILES string of the molecule is CCOCCCNC(=O)c1cc(-c2cccc(F)c2)no1. The van der Waals surface area contributed by atoms with E-state index in [4.69, 9.17) is 9.26 Å². The maximum absolute atomic E-state index is 13.1. The summed E-state index contributed by atoms with van der Waals surface area (Å²) in [7, 11) is 0. The number of nitrogens with zero attached hydrogens (tertiary/aromatic N) is 1. The maximum atomic E-state index is 13.1. The number of nitrogens with one attached hydrogen (secondary N) is 1. The summed E-state index contributed by atoms with van der Waals surface area (Å²) >= 11 is 0. The predicted octanol–water partition coefficient (Wildman–Crippen LogP) is 2.64. The van der Waals surface area contributed by atoms with Crippen LogP contribution in [0, 0.1) is 5.82 Å².